The molecule has 0 atom stereocenters. The maximum absolute atomic E-state index is 13.1. The zero-order chi connectivity index (χ0) is 24.9. The molecule has 0 aliphatic carbocycles. The molecule has 0 spiro atoms. The van der Waals surface area contributed by atoms with E-state index in [0.29, 0.717) is 18.9 Å². The van der Waals surface area contributed by atoms with Gasteiger partial charge in [0.15, 0.2) is 0 Å². The lowest BCUT2D eigenvalue weighted by Crippen LogP contribution is -2.20. The van der Waals surface area contributed by atoms with Crippen LogP contribution in [0.3, 0.4) is 0 Å². The van der Waals surface area contributed by atoms with Crippen LogP contribution in [-0.4, -0.2) is 19.6 Å². The molecule has 5 nitrogen and oxygen atoms in total. The second kappa shape index (κ2) is 10.5. The van der Waals surface area contributed by atoms with E-state index in [-0.39, 0.29) is 11.7 Å². The van der Waals surface area contributed by atoms with E-state index in [2.05, 4.69) is 5.32 Å². The predicted octanol–water partition coefficient (Wildman–Crippen LogP) is 6.67. The van der Waals surface area contributed by atoms with E-state index in [1.54, 1.807) is 31.6 Å². The number of benzene rings is 3. The van der Waals surface area contributed by atoms with E-state index in [0.717, 1.165) is 50.1 Å². The van der Waals surface area contributed by atoms with Gasteiger partial charge in [-0.15, -0.1) is 0 Å². The molecule has 4 aromatic rings. The Morgan fingerprint density at radius 2 is 1.91 bits per heavy atom. The Kier molecular flexibility index (Phi) is 7.20. The molecule has 4 rings (SSSR count). The molecule has 0 aliphatic heterocycles. The Hall–Kier alpha value is -4.06. The third kappa shape index (κ3) is 5.22. The monoisotopic (exact) mass is 473 g/mol. The highest BCUT2D eigenvalue weighted by atomic mass is 19.1. The van der Waals surface area contributed by atoms with E-state index in [9.17, 15) is 9.18 Å². The van der Waals surface area contributed by atoms with Crippen molar-refractivity contribution < 1.29 is 23.1 Å². The second-order valence-electron chi connectivity index (χ2n) is 8.24. The van der Waals surface area contributed by atoms with Crippen molar-refractivity contribution in [3.8, 4) is 22.6 Å². The minimum atomic E-state index is -0.308. The minimum absolute atomic E-state index is 0.243. The third-order valence-electron chi connectivity index (χ3n) is 5.87. The highest BCUT2D eigenvalue weighted by molar-refractivity contribution is 6.01. The van der Waals surface area contributed by atoms with E-state index >= 15 is 0 Å². The first-order valence-electron chi connectivity index (χ1n) is 11.4. The van der Waals surface area contributed by atoms with Crippen LogP contribution < -0.4 is 14.8 Å². The first-order chi connectivity index (χ1) is 16.9. The molecule has 0 bridgehead atoms. The van der Waals surface area contributed by atoms with Gasteiger partial charge in [-0.3, -0.25) is 4.79 Å². The van der Waals surface area contributed by atoms with Crippen LogP contribution in [0.15, 0.2) is 71.4 Å². The third-order valence-corrected chi connectivity index (χ3v) is 5.87. The zero-order valence-electron chi connectivity index (χ0n) is 20.3. The lowest BCUT2D eigenvalue weighted by Gasteiger charge is -2.15. The van der Waals surface area contributed by atoms with Crippen molar-refractivity contribution in [2.24, 2.45) is 0 Å². The summed E-state index contributed by atoms with van der Waals surface area (Å²) < 4.78 is 30.4. The fraction of sp³-hybridized carbons (Fsp3) is 0.207. The molecule has 180 valence electrons. The number of hydrogen-bond acceptors (Lipinski definition) is 4. The normalized spacial score (nSPS) is 11.5. The Balaban J connectivity index is 1.70. The first kappa shape index (κ1) is 24.1. The van der Waals surface area contributed by atoms with Crippen LogP contribution >= 0.6 is 0 Å². The largest absolute Gasteiger partial charge is 0.497 e. The summed E-state index contributed by atoms with van der Waals surface area (Å²) in [5.41, 5.74) is 5.90. The summed E-state index contributed by atoms with van der Waals surface area (Å²) in [6, 6.07) is 15.8. The van der Waals surface area contributed by atoms with Gasteiger partial charge in [0.25, 0.3) is 0 Å². The molecule has 35 heavy (non-hydrogen) atoms. The molecule has 0 aliphatic rings. The van der Waals surface area contributed by atoms with Gasteiger partial charge in [0.05, 0.1) is 20.0 Å². The van der Waals surface area contributed by atoms with Gasteiger partial charge in [-0.05, 0) is 67.8 Å². The Bertz CT molecular complexity index is 1390. The van der Waals surface area contributed by atoms with Crippen LogP contribution in [0.1, 0.15) is 30.5 Å². The van der Waals surface area contributed by atoms with Crippen molar-refractivity contribution in [2.45, 2.75) is 27.3 Å². The summed E-state index contributed by atoms with van der Waals surface area (Å²) in [6.45, 7) is 6.54. The minimum Gasteiger partial charge on any atom is -0.497 e. The van der Waals surface area contributed by atoms with Gasteiger partial charge in [0.1, 0.15) is 22.9 Å². The molecule has 3 aromatic carbocycles. The van der Waals surface area contributed by atoms with E-state index in [1.165, 1.54) is 12.1 Å². The molecular weight excluding hydrogens is 445 g/mol. The standard InChI is InChI=1S/C29H28FNO4/c1-5-34-28-19(3)29-25(26(17-35-29)21-7-6-8-23(14-21)33-4)15-24(28)18(2)13-27(32)31-16-20-9-11-22(30)12-10-20/h6-15,17H,5,16H2,1-4H3,(H,31,32)/b18-13+. The van der Waals surface area contributed by atoms with Crippen molar-refractivity contribution in [1.82, 2.24) is 5.32 Å². The number of aryl methyl sites for hydroxylation is 1. The number of nitrogens with one attached hydrogen (secondary N) is 1. The zero-order valence-corrected chi connectivity index (χ0v) is 20.3. The Labute approximate surface area is 204 Å². The van der Waals surface area contributed by atoms with Crippen molar-refractivity contribution in [3.05, 3.63) is 89.4 Å². The van der Waals surface area contributed by atoms with Gasteiger partial charge in [0, 0.05) is 34.7 Å². The fourth-order valence-corrected chi connectivity index (χ4v) is 4.07. The quantitative estimate of drug-likeness (QED) is 0.290. The van der Waals surface area contributed by atoms with Gasteiger partial charge >= 0.3 is 0 Å². The Morgan fingerprint density at radius 3 is 2.63 bits per heavy atom. The van der Waals surface area contributed by atoms with Crippen LogP contribution in [0.5, 0.6) is 11.5 Å². The highest BCUT2D eigenvalue weighted by Gasteiger charge is 2.19. The van der Waals surface area contributed by atoms with E-state index in [1.807, 2.05) is 51.1 Å². The number of fused-ring (bicyclic) bond motifs is 1. The van der Waals surface area contributed by atoms with Crippen molar-refractivity contribution >= 4 is 22.4 Å². The molecule has 0 saturated carbocycles. The fourth-order valence-electron chi connectivity index (χ4n) is 4.07. The summed E-state index contributed by atoms with van der Waals surface area (Å²) in [4.78, 5) is 12.7. The number of ether oxygens (including phenoxy) is 2. The summed E-state index contributed by atoms with van der Waals surface area (Å²) in [7, 11) is 1.64. The average molecular weight is 474 g/mol. The molecule has 1 N–H and O–H groups in total. The molecule has 0 unspecified atom stereocenters. The van der Waals surface area contributed by atoms with Gasteiger partial charge in [-0.2, -0.15) is 0 Å². The highest BCUT2D eigenvalue weighted by Crippen LogP contribution is 2.41. The van der Waals surface area contributed by atoms with Crippen molar-refractivity contribution in [3.63, 3.8) is 0 Å². The van der Waals surface area contributed by atoms with Gasteiger partial charge in [0.2, 0.25) is 5.91 Å². The maximum Gasteiger partial charge on any atom is 0.244 e. The molecule has 1 aromatic heterocycles. The van der Waals surface area contributed by atoms with Gasteiger partial charge in [-0.1, -0.05) is 24.3 Å². The van der Waals surface area contributed by atoms with Crippen molar-refractivity contribution in [2.75, 3.05) is 13.7 Å². The van der Waals surface area contributed by atoms with E-state index in [4.69, 9.17) is 13.9 Å². The number of methoxy groups -OCH3 is 1. The van der Waals surface area contributed by atoms with Crippen LogP contribution in [0.4, 0.5) is 4.39 Å². The number of carbonyl (C=O) groups is 1. The number of furan rings is 1. The number of hydrogen-bond donors (Lipinski definition) is 1. The van der Waals surface area contributed by atoms with Gasteiger partial charge in [-0.25, -0.2) is 4.39 Å². The van der Waals surface area contributed by atoms with E-state index < -0.39 is 0 Å². The first-order valence-corrected chi connectivity index (χ1v) is 11.4. The summed E-state index contributed by atoms with van der Waals surface area (Å²) in [5.74, 6) is 0.894. The second-order valence-corrected chi connectivity index (χ2v) is 8.24. The van der Waals surface area contributed by atoms with Gasteiger partial charge < -0.3 is 19.2 Å². The van der Waals surface area contributed by atoms with Crippen LogP contribution in [0.25, 0.3) is 27.7 Å². The molecule has 1 heterocycles. The Morgan fingerprint density at radius 1 is 1.14 bits per heavy atom. The lowest BCUT2D eigenvalue weighted by molar-refractivity contribution is -0.116. The number of amides is 1. The summed E-state index contributed by atoms with van der Waals surface area (Å²) in [6.07, 6.45) is 3.29. The van der Waals surface area contributed by atoms with Crippen LogP contribution in [-0.2, 0) is 11.3 Å². The lowest BCUT2D eigenvalue weighted by atomic mass is 9.96. The number of allylic oxidation sites excluding steroid dienone is 1. The number of halogens is 1. The average Bonchev–Trinajstić information content (AvgIpc) is 3.29. The molecule has 0 fully saturated rings. The molecule has 0 radical (unpaired) electrons. The molecule has 6 heteroatoms. The molecule has 0 saturated heterocycles. The number of carbonyl (C=O) groups excluding carboxylic acids is 1. The molecule has 1 amide bonds. The topological polar surface area (TPSA) is 60.7 Å². The SMILES string of the molecule is CCOc1c(/C(C)=C/C(=O)NCc2ccc(F)cc2)cc2c(-c3cccc(OC)c3)coc2c1C. The number of rotatable bonds is 8. The summed E-state index contributed by atoms with van der Waals surface area (Å²) in [5, 5.41) is 3.78. The molecular formula is C29H28FNO4. The predicted molar refractivity (Wildman–Crippen MR) is 136 cm³/mol. The van der Waals surface area contributed by atoms with Crippen LogP contribution in [0.2, 0.25) is 0 Å². The van der Waals surface area contributed by atoms with Crippen molar-refractivity contribution in [1.29, 1.82) is 0 Å². The van der Waals surface area contributed by atoms with Crippen LogP contribution in [0, 0.1) is 12.7 Å². The summed E-state index contributed by atoms with van der Waals surface area (Å²) >= 11 is 0. The smallest absolute Gasteiger partial charge is 0.244 e. The maximum atomic E-state index is 13.1.